The first kappa shape index (κ1) is 18.1. The van der Waals surface area contributed by atoms with Crippen LogP contribution >= 0.6 is 0 Å². The molecule has 0 saturated carbocycles. The van der Waals surface area contributed by atoms with Crippen LogP contribution in [-0.4, -0.2) is 24.7 Å². The molecule has 2 aromatic carbocycles. The van der Waals surface area contributed by atoms with Gasteiger partial charge < -0.3 is 14.6 Å². The molecular formula is C18H16FN2O4-. The maximum absolute atomic E-state index is 13.6. The molecule has 7 heteroatoms. The number of amides is 1. The summed E-state index contributed by atoms with van der Waals surface area (Å²) in [4.78, 5) is 22.8. The number of nitrogens with one attached hydrogen (secondary N) is 1. The number of hydrazone groups is 1. The Bertz CT molecular complexity index is 834. The number of halogens is 1. The minimum atomic E-state index is -1.24. The standard InChI is InChI=1S/C18H17FN2O4/c1-11(20-21-18(24)14-5-3-4-6-15(14)19)12-7-8-16(25-2)13(9-12)10-17(22)23/h3-9H,10H2,1-2H3,(H,21,24)(H,22,23)/p-1/b20-11-. The van der Waals surface area contributed by atoms with Crippen molar-refractivity contribution in [3.05, 3.63) is 65.0 Å². The monoisotopic (exact) mass is 343 g/mol. The summed E-state index contributed by atoms with van der Waals surface area (Å²) in [5, 5.41) is 14.8. The molecule has 0 aromatic heterocycles. The fourth-order valence-electron chi connectivity index (χ4n) is 2.20. The second-order valence-electron chi connectivity index (χ2n) is 5.19. The van der Waals surface area contributed by atoms with Gasteiger partial charge in [-0.25, -0.2) is 9.82 Å². The van der Waals surface area contributed by atoms with Crippen molar-refractivity contribution in [3.8, 4) is 5.75 Å². The lowest BCUT2D eigenvalue weighted by Gasteiger charge is -2.11. The fourth-order valence-corrected chi connectivity index (χ4v) is 2.20. The normalized spacial score (nSPS) is 11.1. The van der Waals surface area contributed by atoms with Gasteiger partial charge in [-0.2, -0.15) is 5.10 Å². The van der Waals surface area contributed by atoms with E-state index >= 15 is 0 Å². The molecule has 0 heterocycles. The molecule has 6 nitrogen and oxygen atoms in total. The van der Waals surface area contributed by atoms with Gasteiger partial charge in [-0.1, -0.05) is 12.1 Å². The average Bonchev–Trinajstić information content (AvgIpc) is 2.59. The number of carboxylic acid groups (broad SMARTS) is 1. The van der Waals surface area contributed by atoms with E-state index in [0.717, 1.165) is 0 Å². The van der Waals surface area contributed by atoms with Crippen LogP contribution in [0.25, 0.3) is 0 Å². The van der Waals surface area contributed by atoms with Gasteiger partial charge in [0, 0.05) is 18.0 Å². The Morgan fingerprint density at radius 2 is 1.96 bits per heavy atom. The molecular weight excluding hydrogens is 327 g/mol. The minimum absolute atomic E-state index is 0.119. The van der Waals surface area contributed by atoms with E-state index < -0.39 is 17.7 Å². The number of carbonyl (C=O) groups excluding carboxylic acids is 2. The molecule has 0 aliphatic heterocycles. The maximum atomic E-state index is 13.6. The zero-order valence-electron chi connectivity index (χ0n) is 13.7. The number of aliphatic carboxylic acids is 1. The zero-order chi connectivity index (χ0) is 18.4. The van der Waals surface area contributed by atoms with Crippen LogP contribution in [-0.2, 0) is 11.2 Å². The van der Waals surface area contributed by atoms with Crippen LogP contribution in [0.4, 0.5) is 4.39 Å². The van der Waals surface area contributed by atoms with Crippen molar-refractivity contribution in [2.75, 3.05) is 7.11 Å². The third-order valence-corrected chi connectivity index (χ3v) is 3.48. The van der Waals surface area contributed by atoms with Gasteiger partial charge in [-0.15, -0.1) is 0 Å². The molecule has 130 valence electrons. The van der Waals surface area contributed by atoms with Crippen LogP contribution in [0.1, 0.15) is 28.4 Å². The number of methoxy groups -OCH3 is 1. The van der Waals surface area contributed by atoms with Crippen LogP contribution in [0.15, 0.2) is 47.6 Å². The van der Waals surface area contributed by atoms with Gasteiger partial charge in [0.25, 0.3) is 5.91 Å². The van der Waals surface area contributed by atoms with Crippen molar-refractivity contribution >= 4 is 17.6 Å². The largest absolute Gasteiger partial charge is 0.550 e. The molecule has 0 bridgehead atoms. The van der Waals surface area contributed by atoms with Gasteiger partial charge in [0.2, 0.25) is 0 Å². The van der Waals surface area contributed by atoms with Crippen molar-refractivity contribution in [2.45, 2.75) is 13.3 Å². The lowest BCUT2D eigenvalue weighted by atomic mass is 10.0. The predicted octanol–water partition coefficient (Wildman–Crippen LogP) is 1.28. The summed E-state index contributed by atoms with van der Waals surface area (Å²) in [6.07, 6.45) is -0.314. The summed E-state index contributed by atoms with van der Waals surface area (Å²) in [5.41, 5.74) is 3.59. The number of carbonyl (C=O) groups is 2. The lowest BCUT2D eigenvalue weighted by Crippen LogP contribution is -2.24. The predicted molar refractivity (Wildman–Crippen MR) is 87.8 cm³/mol. The fraction of sp³-hybridized carbons (Fsp3) is 0.167. The summed E-state index contributed by atoms with van der Waals surface area (Å²) in [7, 11) is 1.43. The van der Waals surface area contributed by atoms with E-state index in [-0.39, 0.29) is 12.0 Å². The molecule has 25 heavy (non-hydrogen) atoms. The van der Waals surface area contributed by atoms with Crippen molar-refractivity contribution in [1.29, 1.82) is 0 Å². The van der Waals surface area contributed by atoms with E-state index in [1.54, 1.807) is 31.2 Å². The summed E-state index contributed by atoms with van der Waals surface area (Å²) in [6, 6.07) is 10.4. The smallest absolute Gasteiger partial charge is 0.274 e. The van der Waals surface area contributed by atoms with Gasteiger partial charge >= 0.3 is 0 Å². The maximum Gasteiger partial charge on any atom is 0.274 e. The average molecular weight is 343 g/mol. The molecule has 0 atom stereocenters. The van der Waals surface area contributed by atoms with E-state index in [9.17, 15) is 19.1 Å². The van der Waals surface area contributed by atoms with Crippen LogP contribution in [0.5, 0.6) is 5.75 Å². The number of hydrogen-bond acceptors (Lipinski definition) is 5. The van der Waals surface area contributed by atoms with Gasteiger partial charge in [0.1, 0.15) is 11.6 Å². The molecule has 0 spiro atoms. The number of ether oxygens (including phenoxy) is 1. The number of rotatable bonds is 6. The van der Waals surface area contributed by atoms with E-state index in [1.165, 1.54) is 25.3 Å². The summed E-state index contributed by atoms with van der Waals surface area (Å²) >= 11 is 0. The van der Waals surface area contributed by atoms with E-state index in [0.29, 0.717) is 22.6 Å². The van der Waals surface area contributed by atoms with E-state index in [1.807, 2.05) is 0 Å². The Morgan fingerprint density at radius 3 is 2.60 bits per heavy atom. The minimum Gasteiger partial charge on any atom is -0.550 e. The molecule has 2 rings (SSSR count). The highest BCUT2D eigenvalue weighted by atomic mass is 19.1. The Morgan fingerprint density at radius 1 is 1.24 bits per heavy atom. The van der Waals surface area contributed by atoms with Crippen molar-refractivity contribution in [2.24, 2.45) is 5.10 Å². The second kappa shape index (κ2) is 8.05. The van der Waals surface area contributed by atoms with Crippen molar-refractivity contribution in [1.82, 2.24) is 5.43 Å². The molecule has 0 saturated heterocycles. The Hall–Kier alpha value is -3.22. The van der Waals surface area contributed by atoms with Crippen LogP contribution < -0.4 is 15.3 Å². The summed E-state index contributed by atoms with van der Waals surface area (Å²) in [5.74, 6) is -2.15. The van der Waals surface area contributed by atoms with Crippen LogP contribution in [0.2, 0.25) is 0 Å². The quantitative estimate of drug-likeness (QED) is 0.632. The molecule has 1 N–H and O–H groups in total. The molecule has 0 aliphatic carbocycles. The highest BCUT2D eigenvalue weighted by molar-refractivity contribution is 6.01. The second-order valence-corrected chi connectivity index (χ2v) is 5.19. The van der Waals surface area contributed by atoms with Crippen LogP contribution in [0.3, 0.4) is 0 Å². The molecule has 0 aliphatic rings. The van der Waals surface area contributed by atoms with Gasteiger partial charge in [-0.05, 0) is 42.8 Å². The number of carboxylic acids is 1. The highest BCUT2D eigenvalue weighted by Crippen LogP contribution is 2.20. The summed E-state index contributed by atoms with van der Waals surface area (Å²) in [6.45, 7) is 1.63. The van der Waals surface area contributed by atoms with E-state index in [2.05, 4.69) is 10.5 Å². The molecule has 2 aromatic rings. The molecule has 0 unspecified atom stereocenters. The Kier molecular flexibility index (Phi) is 5.84. The molecule has 1 amide bonds. The van der Waals surface area contributed by atoms with Gasteiger partial charge in [-0.3, -0.25) is 4.79 Å². The number of benzene rings is 2. The molecule has 0 fully saturated rings. The Labute approximate surface area is 143 Å². The first-order valence-electron chi connectivity index (χ1n) is 7.38. The third-order valence-electron chi connectivity index (χ3n) is 3.48. The topological polar surface area (TPSA) is 90.8 Å². The van der Waals surface area contributed by atoms with Gasteiger partial charge in [0.05, 0.1) is 18.4 Å². The van der Waals surface area contributed by atoms with Crippen molar-refractivity contribution < 1.29 is 23.8 Å². The van der Waals surface area contributed by atoms with E-state index in [4.69, 9.17) is 4.74 Å². The number of nitrogens with zero attached hydrogens (tertiary/aromatic N) is 1. The SMILES string of the molecule is COc1ccc(/C(C)=N\NC(=O)c2ccccc2F)cc1CC(=O)[O-]. The summed E-state index contributed by atoms with van der Waals surface area (Å²) < 4.78 is 18.7. The first-order valence-corrected chi connectivity index (χ1v) is 7.38. The zero-order valence-corrected chi connectivity index (χ0v) is 13.7. The van der Waals surface area contributed by atoms with Gasteiger partial charge in [0.15, 0.2) is 0 Å². The third kappa shape index (κ3) is 4.63. The molecule has 0 radical (unpaired) electrons. The lowest BCUT2D eigenvalue weighted by molar-refractivity contribution is -0.304. The van der Waals surface area contributed by atoms with Crippen LogP contribution in [0, 0.1) is 5.82 Å². The number of hydrogen-bond donors (Lipinski definition) is 1. The highest BCUT2D eigenvalue weighted by Gasteiger charge is 2.11. The van der Waals surface area contributed by atoms with Crippen molar-refractivity contribution in [3.63, 3.8) is 0 Å². The first-order chi connectivity index (χ1) is 11.9. The Balaban J connectivity index is 2.20.